The van der Waals surface area contributed by atoms with E-state index < -0.39 is 12.0 Å². The predicted octanol–water partition coefficient (Wildman–Crippen LogP) is 0.0602. The van der Waals surface area contributed by atoms with Gasteiger partial charge in [0.2, 0.25) is 0 Å². The Hall–Kier alpha value is -1.89. The highest BCUT2D eigenvalue weighted by atomic mass is 16.4. The van der Waals surface area contributed by atoms with Gasteiger partial charge in [-0.3, -0.25) is 19.2 Å². The molecule has 0 aromatic carbocycles. The zero-order chi connectivity index (χ0) is 15.0. The molecule has 3 rings (SSSR count). The molecule has 1 N–H and O–H groups in total. The molecule has 1 aromatic rings. The Morgan fingerprint density at radius 2 is 2.10 bits per heavy atom. The first-order chi connectivity index (χ1) is 10.1. The second-order valence-electron chi connectivity index (χ2n) is 5.77. The zero-order valence-corrected chi connectivity index (χ0v) is 12.2. The number of carboxylic acid groups (broad SMARTS) is 1. The van der Waals surface area contributed by atoms with Gasteiger partial charge < -0.3 is 10.0 Å². The molecule has 2 aliphatic heterocycles. The van der Waals surface area contributed by atoms with E-state index in [0.29, 0.717) is 18.7 Å². The van der Waals surface area contributed by atoms with E-state index in [9.17, 15) is 14.7 Å². The van der Waals surface area contributed by atoms with Gasteiger partial charge in [-0.05, 0) is 26.3 Å². The van der Waals surface area contributed by atoms with Crippen molar-refractivity contribution in [2.45, 2.75) is 31.8 Å². The summed E-state index contributed by atoms with van der Waals surface area (Å²) < 4.78 is 1.90. The summed E-state index contributed by atoms with van der Waals surface area (Å²) in [6.45, 7) is 2.23. The summed E-state index contributed by atoms with van der Waals surface area (Å²) in [5, 5.41) is 13.5. The van der Waals surface area contributed by atoms with Crippen LogP contribution in [0.25, 0.3) is 0 Å². The van der Waals surface area contributed by atoms with Gasteiger partial charge in [0, 0.05) is 26.2 Å². The Kier molecular flexibility index (Phi) is 3.67. The highest BCUT2D eigenvalue weighted by Crippen LogP contribution is 2.20. The molecule has 0 spiro atoms. The van der Waals surface area contributed by atoms with E-state index in [-0.39, 0.29) is 12.5 Å². The van der Waals surface area contributed by atoms with Crippen LogP contribution in [0, 0.1) is 0 Å². The van der Waals surface area contributed by atoms with E-state index in [0.717, 1.165) is 31.5 Å². The number of carbonyl (C=O) groups excluding carboxylic acids is 1. The third-order valence-electron chi connectivity index (χ3n) is 4.43. The molecule has 1 amide bonds. The average Bonchev–Trinajstić information content (AvgIpc) is 2.90. The van der Waals surface area contributed by atoms with Gasteiger partial charge in [-0.1, -0.05) is 0 Å². The molecule has 1 atom stereocenters. The summed E-state index contributed by atoms with van der Waals surface area (Å²) in [5.74, 6) is -0.968. The van der Waals surface area contributed by atoms with Crippen molar-refractivity contribution in [1.29, 1.82) is 0 Å². The number of rotatable bonds is 2. The second kappa shape index (κ2) is 5.48. The van der Waals surface area contributed by atoms with Crippen LogP contribution in [0.15, 0.2) is 6.20 Å². The number of fused-ring (bicyclic) bond motifs is 1. The lowest BCUT2D eigenvalue weighted by Gasteiger charge is -2.37. The summed E-state index contributed by atoms with van der Waals surface area (Å²) in [7, 11) is 1.78. The van der Waals surface area contributed by atoms with Crippen LogP contribution in [-0.4, -0.2) is 69.3 Å². The maximum Gasteiger partial charge on any atom is 0.322 e. The van der Waals surface area contributed by atoms with Crippen LogP contribution in [0.4, 0.5) is 0 Å². The smallest absolute Gasteiger partial charge is 0.322 e. The number of nitrogens with zero attached hydrogens (tertiary/aromatic N) is 4. The quantitative estimate of drug-likeness (QED) is 0.834. The van der Waals surface area contributed by atoms with Crippen LogP contribution in [0.2, 0.25) is 0 Å². The van der Waals surface area contributed by atoms with Gasteiger partial charge in [0.05, 0.1) is 17.5 Å². The fraction of sp³-hybridized carbons (Fsp3) is 0.643. The van der Waals surface area contributed by atoms with Crippen molar-refractivity contribution >= 4 is 11.9 Å². The van der Waals surface area contributed by atoms with Gasteiger partial charge in [0.25, 0.3) is 5.91 Å². The number of carbonyl (C=O) groups is 2. The zero-order valence-electron chi connectivity index (χ0n) is 12.2. The molecule has 1 saturated heterocycles. The Balaban J connectivity index is 1.79. The summed E-state index contributed by atoms with van der Waals surface area (Å²) in [6, 6.07) is -0.630. The maximum absolute atomic E-state index is 12.7. The SMILES string of the molecule is CN1CCN(C(=O)c2cnn3c2CCCC3)C[C@@H]1C(=O)O. The first-order valence-electron chi connectivity index (χ1n) is 7.35. The number of hydrogen-bond donors (Lipinski definition) is 1. The van der Waals surface area contributed by atoms with Gasteiger partial charge in [-0.15, -0.1) is 0 Å². The van der Waals surface area contributed by atoms with E-state index in [2.05, 4.69) is 5.10 Å². The fourth-order valence-corrected chi connectivity index (χ4v) is 3.09. The van der Waals surface area contributed by atoms with Crippen molar-refractivity contribution in [1.82, 2.24) is 19.6 Å². The largest absolute Gasteiger partial charge is 0.480 e. The molecule has 0 bridgehead atoms. The van der Waals surface area contributed by atoms with E-state index in [1.165, 1.54) is 0 Å². The molecule has 0 unspecified atom stereocenters. The van der Waals surface area contributed by atoms with Gasteiger partial charge in [-0.25, -0.2) is 0 Å². The van der Waals surface area contributed by atoms with Crippen LogP contribution >= 0.6 is 0 Å². The Labute approximate surface area is 123 Å². The van der Waals surface area contributed by atoms with Crippen LogP contribution in [-0.2, 0) is 17.8 Å². The van der Waals surface area contributed by atoms with E-state index >= 15 is 0 Å². The molecule has 7 heteroatoms. The molecular formula is C14H20N4O3. The van der Waals surface area contributed by atoms with E-state index in [1.54, 1.807) is 23.0 Å². The molecule has 2 aliphatic rings. The highest BCUT2D eigenvalue weighted by molar-refractivity contribution is 5.95. The number of aliphatic carboxylic acids is 1. The first-order valence-corrected chi connectivity index (χ1v) is 7.35. The number of carboxylic acids is 1. The summed E-state index contributed by atoms with van der Waals surface area (Å²) in [5.41, 5.74) is 1.64. The average molecular weight is 292 g/mol. The normalized spacial score (nSPS) is 22.9. The summed E-state index contributed by atoms with van der Waals surface area (Å²) in [4.78, 5) is 27.3. The van der Waals surface area contributed by atoms with Gasteiger partial charge >= 0.3 is 5.97 Å². The highest BCUT2D eigenvalue weighted by Gasteiger charge is 2.33. The molecule has 0 aliphatic carbocycles. The summed E-state index contributed by atoms with van der Waals surface area (Å²) in [6.07, 6.45) is 4.68. The standard InChI is InChI=1S/C14H20N4O3/c1-16-6-7-17(9-12(16)14(20)21)13(19)10-8-15-18-5-3-2-4-11(10)18/h8,12H,2-7,9H2,1H3,(H,20,21)/t12-/m1/s1. The maximum atomic E-state index is 12.7. The number of aryl methyl sites for hydroxylation is 1. The molecule has 0 radical (unpaired) electrons. The Bertz CT molecular complexity index is 569. The molecule has 0 saturated carbocycles. The van der Waals surface area contributed by atoms with E-state index in [1.807, 2.05) is 4.68 Å². The topological polar surface area (TPSA) is 78.7 Å². The lowest BCUT2D eigenvalue weighted by molar-refractivity contribution is -0.144. The van der Waals surface area contributed by atoms with Gasteiger partial charge in [-0.2, -0.15) is 5.10 Å². The lowest BCUT2D eigenvalue weighted by Crippen LogP contribution is -2.56. The second-order valence-corrected chi connectivity index (χ2v) is 5.77. The summed E-state index contributed by atoms with van der Waals surface area (Å²) >= 11 is 0. The van der Waals surface area contributed by atoms with Crippen LogP contribution in [0.3, 0.4) is 0 Å². The van der Waals surface area contributed by atoms with E-state index in [4.69, 9.17) is 0 Å². The third-order valence-corrected chi connectivity index (χ3v) is 4.43. The molecule has 1 aromatic heterocycles. The number of likely N-dealkylation sites (N-methyl/N-ethyl adjacent to an activating group) is 1. The van der Waals surface area contributed by atoms with Gasteiger partial charge in [0.15, 0.2) is 0 Å². The van der Waals surface area contributed by atoms with Crippen molar-refractivity contribution < 1.29 is 14.7 Å². The fourth-order valence-electron chi connectivity index (χ4n) is 3.09. The molecule has 7 nitrogen and oxygen atoms in total. The molecule has 1 fully saturated rings. The minimum atomic E-state index is -0.882. The van der Waals surface area contributed by atoms with Crippen molar-refractivity contribution in [3.05, 3.63) is 17.5 Å². The molecule has 114 valence electrons. The van der Waals surface area contributed by atoms with Crippen molar-refractivity contribution in [2.75, 3.05) is 26.7 Å². The van der Waals surface area contributed by atoms with Crippen molar-refractivity contribution in [3.63, 3.8) is 0 Å². The van der Waals surface area contributed by atoms with Gasteiger partial charge in [0.1, 0.15) is 6.04 Å². The third kappa shape index (κ3) is 2.53. The van der Waals surface area contributed by atoms with Crippen molar-refractivity contribution in [2.24, 2.45) is 0 Å². The monoisotopic (exact) mass is 292 g/mol. The van der Waals surface area contributed by atoms with Crippen molar-refractivity contribution in [3.8, 4) is 0 Å². The number of aromatic nitrogens is 2. The van der Waals surface area contributed by atoms with Crippen LogP contribution in [0.5, 0.6) is 0 Å². The Morgan fingerprint density at radius 1 is 1.29 bits per heavy atom. The van der Waals surface area contributed by atoms with Crippen LogP contribution < -0.4 is 0 Å². The Morgan fingerprint density at radius 3 is 2.86 bits per heavy atom. The first kappa shape index (κ1) is 14.1. The number of amides is 1. The lowest BCUT2D eigenvalue weighted by atomic mass is 10.1. The minimum Gasteiger partial charge on any atom is -0.480 e. The molecular weight excluding hydrogens is 272 g/mol. The number of hydrogen-bond acceptors (Lipinski definition) is 4. The molecule has 3 heterocycles. The predicted molar refractivity (Wildman–Crippen MR) is 75.1 cm³/mol. The number of piperazine rings is 1. The van der Waals surface area contributed by atoms with Crippen LogP contribution in [0.1, 0.15) is 28.9 Å². The molecule has 21 heavy (non-hydrogen) atoms. The minimum absolute atomic E-state index is 0.0856.